The van der Waals surface area contributed by atoms with Crippen LogP contribution >= 0.6 is 23.2 Å². The van der Waals surface area contributed by atoms with Gasteiger partial charge in [-0.3, -0.25) is 4.21 Å². The van der Waals surface area contributed by atoms with Crippen molar-refractivity contribution in [2.75, 3.05) is 7.05 Å². The third kappa shape index (κ3) is 2.76. The van der Waals surface area contributed by atoms with E-state index in [2.05, 4.69) is 17.4 Å². The predicted molar refractivity (Wildman–Crippen MR) is 88.6 cm³/mol. The Labute approximate surface area is 136 Å². The summed E-state index contributed by atoms with van der Waals surface area (Å²) in [4.78, 5) is 0.613. The standard InChI is InChI=1S/C16H15Cl2NOS/c1-19-16-12-5-3-2-4-10(12)8-15(16)21(20)14-9-11(17)6-7-13(14)18/h2-7,9,15-16,19H,8H2,1H3. The van der Waals surface area contributed by atoms with E-state index in [0.29, 0.717) is 14.9 Å². The summed E-state index contributed by atoms with van der Waals surface area (Å²) in [5, 5.41) is 4.31. The molecule has 0 spiro atoms. The van der Waals surface area contributed by atoms with E-state index < -0.39 is 10.8 Å². The molecule has 0 saturated carbocycles. The fourth-order valence-corrected chi connectivity index (χ4v) is 5.17. The number of nitrogens with one attached hydrogen (secondary N) is 1. The van der Waals surface area contributed by atoms with Crippen LogP contribution in [-0.2, 0) is 17.2 Å². The molecule has 3 rings (SSSR count). The molecule has 0 amide bonds. The minimum atomic E-state index is -1.22. The molecular weight excluding hydrogens is 325 g/mol. The van der Waals surface area contributed by atoms with Crippen molar-refractivity contribution in [3.8, 4) is 0 Å². The number of benzene rings is 2. The highest BCUT2D eigenvalue weighted by molar-refractivity contribution is 7.85. The van der Waals surface area contributed by atoms with Gasteiger partial charge in [0.1, 0.15) is 0 Å². The number of rotatable bonds is 3. The van der Waals surface area contributed by atoms with E-state index in [0.717, 1.165) is 6.42 Å². The molecule has 2 aromatic carbocycles. The van der Waals surface area contributed by atoms with Gasteiger partial charge in [-0.25, -0.2) is 0 Å². The van der Waals surface area contributed by atoms with Crippen molar-refractivity contribution in [1.82, 2.24) is 5.32 Å². The summed E-state index contributed by atoms with van der Waals surface area (Å²) in [5.41, 5.74) is 2.46. The van der Waals surface area contributed by atoms with Crippen molar-refractivity contribution in [3.63, 3.8) is 0 Å². The van der Waals surface area contributed by atoms with E-state index in [-0.39, 0.29) is 11.3 Å². The highest BCUT2D eigenvalue weighted by Gasteiger charge is 2.36. The molecule has 110 valence electrons. The topological polar surface area (TPSA) is 29.1 Å². The SMILES string of the molecule is CNC1c2ccccc2CC1S(=O)c1cc(Cl)ccc1Cl. The molecule has 2 aromatic rings. The maximum atomic E-state index is 13.0. The van der Waals surface area contributed by atoms with E-state index in [1.807, 2.05) is 19.2 Å². The number of hydrogen-bond donors (Lipinski definition) is 1. The second-order valence-electron chi connectivity index (χ2n) is 5.08. The highest BCUT2D eigenvalue weighted by atomic mass is 35.5. The van der Waals surface area contributed by atoms with Crippen molar-refractivity contribution < 1.29 is 4.21 Å². The smallest absolute Gasteiger partial charge is 0.0630 e. The van der Waals surface area contributed by atoms with Crippen molar-refractivity contribution in [1.29, 1.82) is 0 Å². The van der Waals surface area contributed by atoms with Crippen molar-refractivity contribution in [2.45, 2.75) is 22.6 Å². The van der Waals surface area contributed by atoms with E-state index >= 15 is 0 Å². The third-order valence-electron chi connectivity index (χ3n) is 3.88. The fourth-order valence-electron chi connectivity index (χ4n) is 2.89. The van der Waals surface area contributed by atoms with Crippen LogP contribution in [0.25, 0.3) is 0 Å². The lowest BCUT2D eigenvalue weighted by atomic mass is 10.1. The van der Waals surface area contributed by atoms with Crippen LogP contribution < -0.4 is 5.32 Å². The quantitative estimate of drug-likeness (QED) is 0.916. The Morgan fingerprint density at radius 1 is 1.19 bits per heavy atom. The van der Waals surface area contributed by atoms with Crippen LogP contribution in [0.2, 0.25) is 10.0 Å². The first-order valence-electron chi connectivity index (χ1n) is 6.72. The minimum absolute atomic E-state index is 0.0385. The van der Waals surface area contributed by atoms with Crippen LogP contribution in [-0.4, -0.2) is 16.5 Å². The van der Waals surface area contributed by atoms with Gasteiger partial charge in [-0.05, 0) is 42.8 Å². The van der Waals surface area contributed by atoms with E-state index in [1.165, 1.54) is 11.1 Å². The Kier molecular flexibility index (Phi) is 4.36. The van der Waals surface area contributed by atoms with Gasteiger partial charge in [-0.15, -0.1) is 0 Å². The van der Waals surface area contributed by atoms with Crippen LogP contribution in [0.4, 0.5) is 0 Å². The summed E-state index contributed by atoms with van der Waals surface area (Å²) in [7, 11) is 0.684. The van der Waals surface area contributed by atoms with Crippen LogP contribution in [0.15, 0.2) is 47.4 Å². The molecule has 0 saturated heterocycles. The Hall–Kier alpha value is -0.870. The van der Waals surface area contributed by atoms with Crippen LogP contribution in [0.3, 0.4) is 0 Å². The number of halogens is 2. The summed E-state index contributed by atoms with van der Waals surface area (Å²) in [5.74, 6) is 0. The molecule has 0 heterocycles. The molecule has 0 radical (unpaired) electrons. The van der Waals surface area contributed by atoms with Crippen molar-refractivity contribution in [3.05, 3.63) is 63.6 Å². The lowest BCUT2D eigenvalue weighted by molar-refractivity contribution is 0.581. The second-order valence-corrected chi connectivity index (χ2v) is 7.56. The molecule has 0 fully saturated rings. The van der Waals surface area contributed by atoms with Crippen LogP contribution in [0, 0.1) is 0 Å². The predicted octanol–water partition coefficient (Wildman–Crippen LogP) is 3.99. The summed E-state index contributed by atoms with van der Waals surface area (Å²) in [6, 6.07) is 13.4. The Morgan fingerprint density at radius 2 is 1.95 bits per heavy atom. The zero-order chi connectivity index (χ0) is 15.0. The van der Waals surface area contributed by atoms with Gasteiger partial charge in [0.25, 0.3) is 0 Å². The average molecular weight is 340 g/mol. The van der Waals surface area contributed by atoms with Crippen LogP contribution in [0.5, 0.6) is 0 Å². The molecule has 21 heavy (non-hydrogen) atoms. The first-order valence-corrected chi connectivity index (χ1v) is 8.69. The summed E-state index contributed by atoms with van der Waals surface area (Å²) < 4.78 is 13.0. The van der Waals surface area contributed by atoms with Crippen molar-refractivity contribution in [2.24, 2.45) is 0 Å². The molecule has 1 aliphatic rings. The van der Waals surface area contributed by atoms with Gasteiger partial charge >= 0.3 is 0 Å². The summed E-state index contributed by atoms with van der Waals surface area (Å²) in [6.07, 6.45) is 0.775. The normalized spacial score (nSPS) is 22.0. The Morgan fingerprint density at radius 3 is 2.71 bits per heavy atom. The Bertz CT molecular complexity index is 704. The molecule has 0 aliphatic heterocycles. The molecular formula is C16H15Cl2NOS. The van der Waals surface area contributed by atoms with Crippen LogP contribution in [0.1, 0.15) is 17.2 Å². The monoisotopic (exact) mass is 339 g/mol. The molecule has 0 aromatic heterocycles. The zero-order valence-electron chi connectivity index (χ0n) is 11.5. The molecule has 2 nitrogen and oxygen atoms in total. The molecule has 1 aliphatic carbocycles. The third-order valence-corrected chi connectivity index (χ3v) is 6.32. The number of fused-ring (bicyclic) bond motifs is 1. The maximum absolute atomic E-state index is 13.0. The van der Waals surface area contributed by atoms with Gasteiger partial charge < -0.3 is 5.32 Å². The molecule has 3 atom stereocenters. The molecule has 3 unspecified atom stereocenters. The first-order chi connectivity index (χ1) is 10.1. The largest absolute Gasteiger partial charge is 0.312 e. The second kappa shape index (κ2) is 6.09. The Balaban J connectivity index is 1.98. The lowest BCUT2D eigenvalue weighted by Gasteiger charge is -2.20. The first kappa shape index (κ1) is 15.0. The van der Waals surface area contributed by atoms with E-state index in [4.69, 9.17) is 23.2 Å². The maximum Gasteiger partial charge on any atom is 0.0630 e. The van der Waals surface area contributed by atoms with Gasteiger partial charge in [0, 0.05) is 11.1 Å². The zero-order valence-corrected chi connectivity index (χ0v) is 13.8. The average Bonchev–Trinajstić information content (AvgIpc) is 2.87. The number of hydrogen-bond acceptors (Lipinski definition) is 2. The van der Waals surface area contributed by atoms with E-state index in [1.54, 1.807) is 18.2 Å². The summed E-state index contributed by atoms with van der Waals surface area (Å²) >= 11 is 12.2. The van der Waals surface area contributed by atoms with Crippen molar-refractivity contribution >= 4 is 34.0 Å². The molecule has 5 heteroatoms. The fraction of sp³-hybridized carbons (Fsp3) is 0.250. The summed E-state index contributed by atoms with van der Waals surface area (Å²) in [6.45, 7) is 0. The highest BCUT2D eigenvalue weighted by Crippen LogP contribution is 2.37. The molecule has 0 bridgehead atoms. The van der Waals surface area contributed by atoms with Gasteiger partial charge in [0.2, 0.25) is 0 Å². The van der Waals surface area contributed by atoms with Gasteiger partial charge in [-0.1, -0.05) is 47.5 Å². The molecule has 1 N–H and O–H groups in total. The van der Waals surface area contributed by atoms with E-state index in [9.17, 15) is 4.21 Å². The van der Waals surface area contributed by atoms with Gasteiger partial charge in [0.15, 0.2) is 0 Å². The minimum Gasteiger partial charge on any atom is -0.312 e. The van der Waals surface area contributed by atoms with Gasteiger partial charge in [-0.2, -0.15) is 0 Å². The van der Waals surface area contributed by atoms with Gasteiger partial charge in [0.05, 0.1) is 26.0 Å². The lowest BCUT2D eigenvalue weighted by Crippen LogP contribution is -2.29.